The van der Waals surface area contributed by atoms with Gasteiger partial charge in [-0.3, -0.25) is 14.8 Å². The zero-order chi connectivity index (χ0) is 19.3. The number of rotatable bonds is 11. The lowest BCUT2D eigenvalue weighted by molar-refractivity contribution is -0.129. The molecule has 1 aromatic rings. The maximum Gasteiger partial charge on any atom is 0.243 e. The van der Waals surface area contributed by atoms with Crippen LogP contribution in [0.1, 0.15) is 44.9 Å². The highest BCUT2D eigenvalue weighted by atomic mass is 16.5. The molecule has 146 valence electrons. The summed E-state index contributed by atoms with van der Waals surface area (Å²) < 4.78 is 5.83. The Hall–Kier alpha value is -2.60. The van der Waals surface area contributed by atoms with Crippen LogP contribution < -0.4 is 15.5 Å². The molecule has 0 saturated heterocycles. The number of carbonyl (C=O) groups is 2. The second-order valence-corrected chi connectivity index (χ2v) is 6.65. The summed E-state index contributed by atoms with van der Waals surface area (Å²) in [5, 5.41) is 11.3. The summed E-state index contributed by atoms with van der Waals surface area (Å²) in [7, 11) is 0. The molecule has 0 radical (unpaired) electrons. The number of nitrogens with one attached hydrogen (secondary N) is 2. The van der Waals surface area contributed by atoms with Crippen LogP contribution in [0, 0.1) is 5.92 Å². The molecule has 1 aliphatic rings. The number of ether oxygens (including phenoxy) is 1. The highest BCUT2D eigenvalue weighted by molar-refractivity contribution is 5.90. The zero-order valence-corrected chi connectivity index (χ0v) is 15.5. The minimum Gasteiger partial charge on any atom is -0.493 e. The smallest absolute Gasteiger partial charge is 0.243 e. The zero-order valence-electron chi connectivity index (χ0n) is 15.5. The van der Waals surface area contributed by atoms with E-state index in [0.29, 0.717) is 31.8 Å². The molecule has 0 spiro atoms. The minimum atomic E-state index is -0.370. The molecule has 2 rings (SSSR count). The van der Waals surface area contributed by atoms with Crippen LogP contribution in [0.3, 0.4) is 0 Å². The van der Waals surface area contributed by atoms with Crippen molar-refractivity contribution in [3.8, 4) is 5.75 Å². The van der Waals surface area contributed by atoms with Gasteiger partial charge in [0.1, 0.15) is 5.75 Å². The maximum absolute atomic E-state index is 12.1. The van der Waals surface area contributed by atoms with E-state index in [1.807, 2.05) is 36.4 Å². The number of anilines is 1. The molecule has 0 fully saturated rings. The first-order valence-corrected chi connectivity index (χ1v) is 9.46. The van der Waals surface area contributed by atoms with Crippen LogP contribution >= 0.6 is 0 Å². The van der Waals surface area contributed by atoms with Crippen LogP contribution in [0.2, 0.25) is 0 Å². The fourth-order valence-electron chi connectivity index (χ4n) is 2.83. The van der Waals surface area contributed by atoms with Gasteiger partial charge in [-0.05, 0) is 31.4 Å². The third-order valence-corrected chi connectivity index (χ3v) is 4.33. The van der Waals surface area contributed by atoms with Gasteiger partial charge in [0.15, 0.2) is 0 Å². The number of carbonyl (C=O) groups excluding carboxylic acids is 2. The molecule has 0 heterocycles. The molecule has 1 unspecified atom stereocenters. The fraction of sp³-hybridized carbons (Fsp3) is 0.429. The van der Waals surface area contributed by atoms with Crippen LogP contribution in [0.5, 0.6) is 5.75 Å². The van der Waals surface area contributed by atoms with E-state index in [9.17, 15) is 9.59 Å². The monoisotopic (exact) mass is 372 g/mol. The van der Waals surface area contributed by atoms with Crippen LogP contribution in [-0.4, -0.2) is 23.6 Å². The molecule has 1 aliphatic carbocycles. The molecule has 3 N–H and O–H groups in total. The quantitative estimate of drug-likeness (QED) is 0.311. The lowest BCUT2D eigenvalue weighted by atomic mass is 10.0. The summed E-state index contributed by atoms with van der Waals surface area (Å²) in [5.41, 5.74) is 2.35. The van der Waals surface area contributed by atoms with Gasteiger partial charge in [-0.1, -0.05) is 43.2 Å². The van der Waals surface area contributed by atoms with Crippen molar-refractivity contribution in [1.29, 1.82) is 0 Å². The van der Waals surface area contributed by atoms with Gasteiger partial charge in [0.2, 0.25) is 11.8 Å². The number of unbranched alkanes of at least 4 members (excludes halogenated alkanes) is 3. The Morgan fingerprint density at radius 2 is 1.85 bits per heavy atom. The van der Waals surface area contributed by atoms with Gasteiger partial charge < -0.3 is 10.1 Å². The van der Waals surface area contributed by atoms with Crippen LogP contribution in [0.4, 0.5) is 5.69 Å². The largest absolute Gasteiger partial charge is 0.493 e. The van der Waals surface area contributed by atoms with Crippen molar-refractivity contribution in [1.82, 2.24) is 5.48 Å². The maximum atomic E-state index is 12.1. The lowest BCUT2D eigenvalue weighted by Gasteiger charge is -2.15. The molecule has 0 aromatic heterocycles. The average molecular weight is 372 g/mol. The standard InChI is InChI=1S/C21H28N2O4/c24-20(13-6-1-2-7-14-21(25)23-26)22-18-11-8-12-19(15-18)27-16-17-9-4-3-5-10-17/h3-5,8-9,11-12,15,17,26H,1-2,6-7,10,13-14,16H2,(H,22,24)(H,23,25). The first kappa shape index (κ1) is 20.7. The molecule has 6 nitrogen and oxygen atoms in total. The van der Waals surface area contributed by atoms with Crippen molar-refractivity contribution < 1.29 is 19.5 Å². The van der Waals surface area contributed by atoms with E-state index in [0.717, 1.165) is 37.1 Å². The van der Waals surface area contributed by atoms with Gasteiger partial charge in [-0.25, -0.2) is 5.48 Å². The Bertz CT molecular complexity index is 670. The van der Waals surface area contributed by atoms with E-state index in [1.54, 1.807) is 5.48 Å². The van der Waals surface area contributed by atoms with Crippen molar-refractivity contribution in [2.24, 2.45) is 5.92 Å². The Morgan fingerprint density at radius 1 is 1.07 bits per heavy atom. The van der Waals surface area contributed by atoms with Crippen LogP contribution in [-0.2, 0) is 9.59 Å². The van der Waals surface area contributed by atoms with Gasteiger partial charge in [-0.2, -0.15) is 0 Å². The molecule has 0 bridgehead atoms. The van der Waals surface area contributed by atoms with Crippen molar-refractivity contribution in [3.63, 3.8) is 0 Å². The van der Waals surface area contributed by atoms with E-state index in [1.165, 1.54) is 0 Å². The number of hydrogen-bond acceptors (Lipinski definition) is 4. The van der Waals surface area contributed by atoms with Gasteiger partial charge in [0.05, 0.1) is 6.61 Å². The molecule has 1 aromatic carbocycles. The van der Waals surface area contributed by atoms with Crippen molar-refractivity contribution in [3.05, 3.63) is 48.6 Å². The molecule has 27 heavy (non-hydrogen) atoms. The number of hydroxylamine groups is 1. The predicted molar refractivity (Wildman–Crippen MR) is 105 cm³/mol. The van der Waals surface area contributed by atoms with E-state index in [-0.39, 0.29) is 11.8 Å². The number of allylic oxidation sites excluding steroid dienone is 3. The average Bonchev–Trinajstić information content (AvgIpc) is 2.70. The van der Waals surface area contributed by atoms with E-state index in [4.69, 9.17) is 9.94 Å². The molecule has 0 saturated carbocycles. The Morgan fingerprint density at radius 3 is 2.56 bits per heavy atom. The third-order valence-electron chi connectivity index (χ3n) is 4.33. The molecular formula is C21H28N2O4. The third kappa shape index (κ3) is 8.55. The number of benzene rings is 1. The van der Waals surface area contributed by atoms with Gasteiger partial charge in [0.25, 0.3) is 0 Å². The van der Waals surface area contributed by atoms with Gasteiger partial charge in [0, 0.05) is 30.5 Å². The van der Waals surface area contributed by atoms with E-state index < -0.39 is 0 Å². The Kier molecular flexibility index (Phi) is 9.13. The van der Waals surface area contributed by atoms with Gasteiger partial charge in [-0.15, -0.1) is 0 Å². The van der Waals surface area contributed by atoms with Crippen molar-refractivity contribution in [2.75, 3.05) is 11.9 Å². The summed E-state index contributed by atoms with van der Waals surface area (Å²) in [4.78, 5) is 22.9. The lowest BCUT2D eigenvalue weighted by Crippen LogP contribution is -2.17. The fourth-order valence-corrected chi connectivity index (χ4v) is 2.83. The van der Waals surface area contributed by atoms with Crippen LogP contribution in [0.25, 0.3) is 0 Å². The summed E-state index contributed by atoms with van der Waals surface area (Å²) in [6, 6.07) is 7.45. The summed E-state index contributed by atoms with van der Waals surface area (Å²) in [6.45, 7) is 0.618. The molecule has 0 aliphatic heterocycles. The Balaban J connectivity index is 1.64. The van der Waals surface area contributed by atoms with E-state index in [2.05, 4.69) is 17.5 Å². The number of amides is 2. The highest BCUT2D eigenvalue weighted by Crippen LogP contribution is 2.20. The molecular weight excluding hydrogens is 344 g/mol. The first-order valence-electron chi connectivity index (χ1n) is 9.46. The summed E-state index contributed by atoms with van der Waals surface area (Å²) in [5.74, 6) is 0.737. The molecule has 2 amide bonds. The minimum absolute atomic E-state index is 0.0272. The van der Waals surface area contributed by atoms with Crippen molar-refractivity contribution >= 4 is 17.5 Å². The number of hydrogen-bond donors (Lipinski definition) is 3. The second-order valence-electron chi connectivity index (χ2n) is 6.65. The van der Waals surface area contributed by atoms with E-state index >= 15 is 0 Å². The predicted octanol–water partition coefficient (Wildman–Crippen LogP) is 3.98. The summed E-state index contributed by atoms with van der Waals surface area (Å²) in [6.07, 6.45) is 13.3. The topological polar surface area (TPSA) is 87.7 Å². The second kappa shape index (κ2) is 11.9. The SMILES string of the molecule is O=C(CCCCCCC(=O)Nc1cccc(OCC2C=CC=CC2)c1)NO. The molecule has 1 atom stereocenters. The normalized spacial score (nSPS) is 15.4. The molecule has 6 heteroatoms. The van der Waals surface area contributed by atoms with Gasteiger partial charge >= 0.3 is 0 Å². The van der Waals surface area contributed by atoms with Crippen molar-refractivity contribution in [2.45, 2.75) is 44.9 Å². The Labute approximate surface area is 160 Å². The summed E-state index contributed by atoms with van der Waals surface area (Å²) >= 11 is 0. The highest BCUT2D eigenvalue weighted by Gasteiger charge is 2.08. The van der Waals surface area contributed by atoms with Crippen LogP contribution in [0.15, 0.2) is 48.6 Å². The first-order chi connectivity index (χ1) is 13.2.